The number of rotatable bonds is 8. The number of aliphatic imine (C=N–C) groups is 1. The molecule has 0 spiro atoms. The average Bonchev–Trinajstić information content (AvgIpc) is 3.33. The average molecular weight is 383 g/mol. The van der Waals surface area contributed by atoms with E-state index in [1.54, 1.807) is 0 Å². The molecule has 3 rings (SSSR count). The fourth-order valence-corrected chi connectivity index (χ4v) is 3.26. The van der Waals surface area contributed by atoms with Crippen molar-refractivity contribution in [3.05, 3.63) is 53.3 Å². The zero-order chi connectivity index (χ0) is 19.9. The molecular weight excluding hydrogens is 352 g/mol. The van der Waals surface area contributed by atoms with Gasteiger partial charge in [0.05, 0.1) is 24.5 Å². The standard InChI is InChI=1S/C21H30N6O/c1-5-16(6-2)19-11-18(28-26-19)13-24-21(22-7-3)23-12-17-14-27-15(4)9-8-10-20(27)25-17/h8-11,14,16H,5-7,12-13H2,1-4H3,(H2,22,23,24). The first-order valence-corrected chi connectivity index (χ1v) is 10.1. The molecule has 0 aromatic carbocycles. The van der Waals surface area contributed by atoms with Crippen LogP contribution in [0.2, 0.25) is 0 Å². The third kappa shape index (κ3) is 4.71. The van der Waals surface area contributed by atoms with E-state index in [2.05, 4.69) is 57.0 Å². The second kappa shape index (κ2) is 9.39. The molecule has 0 aliphatic carbocycles. The number of hydrogen-bond donors (Lipinski definition) is 2. The number of pyridine rings is 1. The van der Waals surface area contributed by atoms with Gasteiger partial charge in [-0.15, -0.1) is 0 Å². The quantitative estimate of drug-likeness (QED) is 0.458. The van der Waals surface area contributed by atoms with Crippen LogP contribution in [0.3, 0.4) is 0 Å². The van der Waals surface area contributed by atoms with Gasteiger partial charge in [0.25, 0.3) is 0 Å². The number of aryl methyl sites for hydroxylation is 1. The second-order valence-electron chi connectivity index (χ2n) is 6.91. The highest BCUT2D eigenvalue weighted by atomic mass is 16.5. The molecule has 0 radical (unpaired) electrons. The van der Waals surface area contributed by atoms with E-state index in [1.807, 2.05) is 31.3 Å². The monoisotopic (exact) mass is 382 g/mol. The molecule has 0 bridgehead atoms. The van der Waals surface area contributed by atoms with E-state index < -0.39 is 0 Å². The Bertz CT molecular complexity index is 922. The molecule has 7 nitrogen and oxygen atoms in total. The van der Waals surface area contributed by atoms with Crippen LogP contribution in [0.5, 0.6) is 0 Å². The molecule has 3 aromatic heterocycles. The minimum Gasteiger partial charge on any atom is -0.359 e. The number of guanidine groups is 1. The minimum atomic E-state index is 0.456. The molecular formula is C21H30N6O. The third-order valence-corrected chi connectivity index (χ3v) is 4.90. The Kier molecular flexibility index (Phi) is 6.68. The first-order valence-electron chi connectivity index (χ1n) is 10.1. The fraction of sp³-hybridized carbons (Fsp3) is 0.476. The number of nitrogens with zero attached hydrogens (tertiary/aromatic N) is 4. The highest BCUT2D eigenvalue weighted by molar-refractivity contribution is 5.79. The zero-order valence-electron chi connectivity index (χ0n) is 17.2. The van der Waals surface area contributed by atoms with Crippen molar-refractivity contribution in [1.29, 1.82) is 0 Å². The maximum absolute atomic E-state index is 5.48. The van der Waals surface area contributed by atoms with Gasteiger partial charge >= 0.3 is 0 Å². The third-order valence-electron chi connectivity index (χ3n) is 4.90. The SMILES string of the molecule is CCNC(=NCc1cn2c(C)cccc2n1)NCc1cc(C(CC)CC)no1. The molecule has 0 atom stereocenters. The van der Waals surface area contributed by atoms with Gasteiger partial charge in [0, 0.05) is 30.4 Å². The summed E-state index contributed by atoms with van der Waals surface area (Å²) in [7, 11) is 0. The van der Waals surface area contributed by atoms with Crippen LogP contribution in [0.25, 0.3) is 5.65 Å². The van der Waals surface area contributed by atoms with Gasteiger partial charge in [0.15, 0.2) is 11.7 Å². The Morgan fingerprint density at radius 1 is 1.21 bits per heavy atom. The zero-order valence-corrected chi connectivity index (χ0v) is 17.2. The van der Waals surface area contributed by atoms with E-state index in [0.29, 0.717) is 19.0 Å². The van der Waals surface area contributed by atoms with Gasteiger partial charge in [-0.3, -0.25) is 0 Å². The maximum atomic E-state index is 5.48. The van der Waals surface area contributed by atoms with Crippen molar-refractivity contribution in [3.8, 4) is 0 Å². The largest absolute Gasteiger partial charge is 0.359 e. The Morgan fingerprint density at radius 2 is 2.04 bits per heavy atom. The molecule has 0 fully saturated rings. The number of fused-ring (bicyclic) bond motifs is 1. The van der Waals surface area contributed by atoms with Crippen molar-refractivity contribution in [2.75, 3.05) is 6.54 Å². The van der Waals surface area contributed by atoms with Gasteiger partial charge in [0.1, 0.15) is 5.65 Å². The molecule has 0 saturated heterocycles. The van der Waals surface area contributed by atoms with Crippen LogP contribution in [0, 0.1) is 6.92 Å². The van der Waals surface area contributed by atoms with Crippen molar-refractivity contribution >= 4 is 11.6 Å². The predicted octanol–water partition coefficient (Wildman–Crippen LogP) is 3.79. The minimum absolute atomic E-state index is 0.456. The molecule has 28 heavy (non-hydrogen) atoms. The van der Waals surface area contributed by atoms with Crippen molar-refractivity contribution in [3.63, 3.8) is 0 Å². The molecule has 7 heteroatoms. The molecule has 0 aliphatic rings. The van der Waals surface area contributed by atoms with E-state index in [0.717, 1.165) is 53.8 Å². The lowest BCUT2D eigenvalue weighted by atomic mass is 9.99. The highest BCUT2D eigenvalue weighted by Gasteiger charge is 2.13. The fourth-order valence-electron chi connectivity index (χ4n) is 3.26. The van der Waals surface area contributed by atoms with E-state index in [1.165, 1.54) is 0 Å². The lowest BCUT2D eigenvalue weighted by Gasteiger charge is -2.09. The second-order valence-corrected chi connectivity index (χ2v) is 6.91. The van der Waals surface area contributed by atoms with E-state index in [9.17, 15) is 0 Å². The summed E-state index contributed by atoms with van der Waals surface area (Å²) in [5.41, 5.74) is 4.06. The van der Waals surface area contributed by atoms with Gasteiger partial charge in [0.2, 0.25) is 0 Å². The van der Waals surface area contributed by atoms with E-state index in [-0.39, 0.29) is 0 Å². The van der Waals surface area contributed by atoms with Crippen molar-refractivity contribution in [2.45, 2.75) is 59.5 Å². The van der Waals surface area contributed by atoms with Crippen LogP contribution in [0.1, 0.15) is 62.4 Å². The lowest BCUT2D eigenvalue weighted by molar-refractivity contribution is 0.368. The molecule has 2 N–H and O–H groups in total. The lowest BCUT2D eigenvalue weighted by Crippen LogP contribution is -2.36. The summed E-state index contributed by atoms with van der Waals surface area (Å²) >= 11 is 0. The van der Waals surface area contributed by atoms with E-state index in [4.69, 9.17) is 4.52 Å². The first kappa shape index (κ1) is 19.9. The number of hydrogen-bond acceptors (Lipinski definition) is 4. The summed E-state index contributed by atoms with van der Waals surface area (Å²) in [6, 6.07) is 8.13. The van der Waals surface area contributed by atoms with Crippen molar-refractivity contribution < 1.29 is 4.52 Å². The Morgan fingerprint density at radius 3 is 2.75 bits per heavy atom. The Hall–Kier alpha value is -2.83. The Balaban J connectivity index is 1.64. The van der Waals surface area contributed by atoms with Crippen LogP contribution >= 0.6 is 0 Å². The summed E-state index contributed by atoms with van der Waals surface area (Å²) in [5, 5.41) is 10.8. The molecule has 0 amide bonds. The van der Waals surface area contributed by atoms with Gasteiger partial charge < -0.3 is 19.6 Å². The number of nitrogens with one attached hydrogen (secondary N) is 2. The van der Waals surface area contributed by atoms with Gasteiger partial charge in [-0.05, 0) is 38.8 Å². The summed E-state index contributed by atoms with van der Waals surface area (Å²) in [6.45, 7) is 10.3. The molecule has 0 aliphatic heterocycles. The molecule has 3 heterocycles. The Labute approximate surface area is 166 Å². The van der Waals surface area contributed by atoms with Crippen LogP contribution in [-0.2, 0) is 13.1 Å². The van der Waals surface area contributed by atoms with E-state index >= 15 is 0 Å². The molecule has 0 unspecified atom stereocenters. The van der Waals surface area contributed by atoms with Gasteiger partial charge in [-0.25, -0.2) is 9.98 Å². The smallest absolute Gasteiger partial charge is 0.192 e. The van der Waals surface area contributed by atoms with Gasteiger partial charge in [-0.1, -0.05) is 25.1 Å². The van der Waals surface area contributed by atoms with Crippen LogP contribution < -0.4 is 10.6 Å². The van der Waals surface area contributed by atoms with Crippen molar-refractivity contribution in [1.82, 2.24) is 25.2 Å². The maximum Gasteiger partial charge on any atom is 0.192 e. The molecule has 0 saturated carbocycles. The number of imidazole rings is 1. The van der Waals surface area contributed by atoms with Crippen LogP contribution in [-0.4, -0.2) is 27.0 Å². The van der Waals surface area contributed by atoms with Crippen LogP contribution in [0.4, 0.5) is 0 Å². The topological polar surface area (TPSA) is 79.8 Å². The first-order chi connectivity index (χ1) is 13.6. The van der Waals surface area contributed by atoms with Gasteiger partial charge in [-0.2, -0.15) is 0 Å². The van der Waals surface area contributed by atoms with Crippen LogP contribution in [0.15, 0.2) is 40.0 Å². The highest BCUT2D eigenvalue weighted by Crippen LogP contribution is 2.22. The predicted molar refractivity (Wildman–Crippen MR) is 111 cm³/mol. The van der Waals surface area contributed by atoms with Crippen molar-refractivity contribution in [2.24, 2.45) is 4.99 Å². The number of aromatic nitrogens is 3. The summed E-state index contributed by atoms with van der Waals surface area (Å²) < 4.78 is 7.57. The summed E-state index contributed by atoms with van der Waals surface area (Å²) in [5.74, 6) is 2.01. The molecule has 3 aromatic rings. The molecule has 150 valence electrons. The summed E-state index contributed by atoms with van der Waals surface area (Å²) in [6.07, 6.45) is 4.17. The summed E-state index contributed by atoms with van der Waals surface area (Å²) in [4.78, 5) is 9.29. The normalized spacial score (nSPS) is 12.1.